The van der Waals surface area contributed by atoms with Gasteiger partial charge < -0.3 is 4.98 Å². The highest BCUT2D eigenvalue weighted by atomic mass is 19.4. The number of nitrogens with zero attached hydrogens (tertiary/aromatic N) is 2. The van der Waals surface area contributed by atoms with Gasteiger partial charge in [0.1, 0.15) is 0 Å². The first kappa shape index (κ1) is 17.1. The molecule has 2 heterocycles. The molecule has 0 bridgehead atoms. The molecule has 4 nitrogen and oxygen atoms in total. The van der Waals surface area contributed by atoms with E-state index < -0.39 is 17.4 Å². The third-order valence-corrected chi connectivity index (χ3v) is 4.29. The topological polar surface area (TPSA) is 50.7 Å². The molecule has 0 amide bonds. The second-order valence-corrected chi connectivity index (χ2v) is 6.12. The molecule has 0 aliphatic carbocycles. The summed E-state index contributed by atoms with van der Waals surface area (Å²) in [5.74, 6) is 0. The Hall–Kier alpha value is -3.35. The monoisotopic (exact) mass is 369 g/mol. The number of halogens is 3. The third kappa shape index (κ3) is 3.23. The summed E-state index contributed by atoms with van der Waals surface area (Å²) in [6.45, 7) is 0.127. The van der Waals surface area contributed by atoms with Crippen LogP contribution in [0.5, 0.6) is 0 Å². The smallest absolute Gasteiger partial charge is 0.304 e. The van der Waals surface area contributed by atoms with E-state index >= 15 is 0 Å². The number of benzene rings is 2. The number of pyridine rings is 1. The highest BCUT2D eigenvalue weighted by Crippen LogP contribution is 2.35. The largest absolute Gasteiger partial charge is 0.418 e. The van der Waals surface area contributed by atoms with Gasteiger partial charge in [-0.2, -0.15) is 13.2 Å². The Bertz CT molecular complexity index is 1150. The molecule has 2 aromatic heterocycles. The second-order valence-electron chi connectivity index (χ2n) is 6.12. The molecular weight excluding hydrogens is 355 g/mol. The normalized spacial score (nSPS) is 11.8. The van der Waals surface area contributed by atoms with E-state index in [-0.39, 0.29) is 23.4 Å². The highest BCUT2D eigenvalue weighted by Gasteiger charge is 2.35. The van der Waals surface area contributed by atoms with Crippen molar-refractivity contribution in [3.8, 4) is 11.3 Å². The molecule has 136 valence electrons. The number of nitrogens with one attached hydrogen (secondary N) is 1. The molecule has 0 aliphatic heterocycles. The number of fused-ring (bicyclic) bond motifs is 1. The number of aromatic nitrogens is 3. The van der Waals surface area contributed by atoms with Crippen LogP contribution in [0.2, 0.25) is 0 Å². The van der Waals surface area contributed by atoms with Gasteiger partial charge in [-0.1, -0.05) is 60.7 Å². The molecule has 0 saturated carbocycles. The van der Waals surface area contributed by atoms with Gasteiger partial charge in [0.15, 0.2) is 5.65 Å². The van der Waals surface area contributed by atoms with Gasteiger partial charge in [0, 0.05) is 5.56 Å². The standard InChI is InChI=1S/C20H14F3N3O/c21-20(22,23)15-11-16(14-9-5-2-6-10-14)24-18-17(15)25-19(27)26(18)12-13-7-3-1-4-8-13/h1-11H,12H2,(H,25,27). The SMILES string of the molecule is O=c1[nH]c2c(C(F)(F)F)cc(-c3ccccc3)nc2n1Cc1ccccc1. The highest BCUT2D eigenvalue weighted by molar-refractivity contribution is 5.80. The van der Waals surface area contributed by atoms with E-state index in [1.165, 1.54) is 4.57 Å². The van der Waals surface area contributed by atoms with Crippen LogP contribution in [0, 0.1) is 0 Å². The van der Waals surface area contributed by atoms with Gasteiger partial charge in [0.2, 0.25) is 0 Å². The van der Waals surface area contributed by atoms with Crippen LogP contribution in [0.3, 0.4) is 0 Å². The molecule has 0 spiro atoms. The van der Waals surface area contributed by atoms with E-state index in [1.807, 2.05) is 6.07 Å². The number of alkyl halides is 3. The van der Waals surface area contributed by atoms with Gasteiger partial charge in [-0.25, -0.2) is 9.78 Å². The van der Waals surface area contributed by atoms with Crippen LogP contribution >= 0.6 is 0 Å². The van der Waals surface area contributed by atoms with Crippen molar-refractivity contribution < 1.29 is 13.2 Å². The summed E-state index contributed by atoms with van der Waals surface area (Å²) in [4.78, 5) is 19.1. The quantitative estimate of drug-likeness (QED) is 0.580. The lowest BCUT2D eigenvalue weighted by Crippen LogP contribution is -2.17. The number of rotatable bonds is 3. The Morgan fingerprint density at radius 2 is 1.59 bits per heavy atom. The number of hydrogen-bond donors (Lipinski definition) is 1. The summed E-state index contributed by atoms with van der Waals surface area (Å²) in [7, 11) is 0. The van der Waals surface area contributed by atoms with Gasteiger partial charge in [0.05, 0.1) is 23.3 Å². The molecule has 0 atom stereocenters. The van der Waals surface area contributed by atoms with Crippen molar-refractivity contribution in [3.63, 3.8) is 0 Å². The molecule has 27 heavy (non-hydrogen) atoms. The van der Waals surface area contributed by atoms with E-state index in [4.69, 9.17) is 0 Å². The molecule has 0 saturated heterocycles. The molecule has 0 aliphatic rings. The van der Waals surface area contributed by atoms with Crippen molar-refractivity contribution in [1.82, 2.24) is 14.5 Å². The molecule has 0 unspecified atom stereocenters. The maximum absolute atomic E-state index is 13.6. The summed E-state index contributed by atoms with van der Waals surface area (Å²) in [6.07, 6.45) is -4.62. The zero-order chi connectivity index (χ0) is 19.0. The van der Waals surface area contributed by atoms with Crippen molar-refractivity contribution in [3.05, 3.63) is 88.3 Å². The Morgan fingerprint density at radius 1 is 0.963 bits per heavy atom. The molecular formula is C20H14F3N3O. The van der Waals surface area contributed by atoms with Crippen LogP contribution in [0.25, 0.3) is 22.4 Å². The van der Waals surface area contributed by atoms with Gasteiger partial charge in [-0.05, 0) is 11.6 Å². The van der Waals surface area contributed by atoms with Gasteiger partial charge >= 0.3 is 11.9 Å². The summed E-state index contributed by atoms with van der Waals surface area (Å²) in [5.41, 5.74) is -0.352. The fourth-order valence-corrected chi connectivity index (χ4v) is 3.01. The van der Waals surface area contributed by atoms with Crippen molar-refractivity contribution in [2.75, 3.05) is 0 Å². The summed E-state index contributed by atoms with van der Waals surface area (Å²) < 4.78 is 42.1. The first-order chi connectivity index (χ1) is 12.9. The maximum atomic E-state index is 13.6. The third-order valence-electron chi connectivity index (χ3n) is 4.29. The van der Waals surface area contributed by atoms with E-state index in [2.05, 4.69) is 9.97 Å². The Kier molecular flexibility index (Phi) is 4.07. The molecule has 0 radical (unpaired) electrons. The predicted molar refractivity (Wildman–Crippen MR) is 96.3 cm³/mol. The minimum absolute atomic E-state index is 0.0162. The zero-order valence-electron chi connectivity index (χ0n) is 14.0. The Balaban J connectivity index is 1.97. The summed E-state index contributed by atoms with van der Waals surface area (Å²) in [5, 5.41) is 0. The number of imidazole rings is 1. The van der Waals surface area contributed by atoms with Crippen LogP contribution in [-0.4, -0.2) is 14.5 Å². The lowest BCUT2D eigenvalue weighted by molar-refractivity contribution is -0.136. The van der Waals surface area contributed by atoms with Gasteiger partial charge in [-0.15, -0.1) is 0 Å². The van der Waals surface area contributed by atoms with Crippen LogP contribution in [-0.2, 0) is 12.7 Å². The molecule has 7 heteroatoms. The van der Waals surface area contributed by atoms with E-state index in [0.717, 1.165) is 11.6 Å². The average Bonchev–Trinajstić information content (AvgIpc) is 2.97. The lowest BCUT2D eigenvalue weighted by atomic mass is 10.1. The van der Waals surface area contributed by atoms with Gasteiger partial charge in [-0.3, -0.25) is 4.57 Å². The first-order valence-electron chi connectivity index (χ1n) is 8.23. The summed E-state index contributed by atoms with van der Waals surface area (Å²) >= 11 is 0. The fraction of sp³-hybridized carbons (Fsp3) is 0.100. The average molecular weight is 369 g/mol. The fourth-order valence-electron chi connectivity index (χ4n) is 3.01. The van der Waals surface area contributed by atoms with Crippen molar-refractivity contribution in [1.29, 1.82) is 0 Å². The lowest BCUT2D eigenvalue weighted by Gasteiger charge is -2.11. The van der Waals surface area contributed by atoms with Crippen LogP contribution in [0.4, 0.5) is 13.2 Å². The molecule has 1 N–H and O–H groups in total. The number of aromatic amines is 1. The van der Waals surface area contributed by atoms with E-state index in [0.29, 0.717) is 5.56 Å². The first-order valence-corrected chi connectivity index (χ1v) is 8.23. The molecule has 0 fully saturated rings. The minimum Gasteiger partial charge on any atom is -0.304 e. The Labute approximate surface area is 151 Å². The summed E-state index contributed by atoms with van der Waals surface area (Å²) in [6, 6.07) is 18.6. The van der Waals surface area contributed by atoms with Crippen molar-refractivity contribution in [2.45, 2.75) is 12.7 Å². The number of H-pyrrole nitrogens is 1. The minimum atomic E-state index is -4.62. The number of hydrogen-bond acceptors (Lipinski definition) is 2. The molecule has 4 aromatic rings. The molecule has 4 rings (SSSR count). The maximum Gasteiger partial charge on any atom is 0.418 e. The van der Waals surface area contributed by atoms with Crippen molar-refractivity contribution >= 4 is 11.2 Å². The van der Waals surface area contributed by atoms with Gasteiger partial charge in [0.25, 0.3) is 0 Å². The van der Waals surface area contributed by atoms with E-state index in [9.17, 15) is 18.0 Å². The van der Waals surface area contributed by atoms with Crippen LogP contribution in [0.15, 0.2) is 71.5 Å². The van der Waals surface area contributed by atoms with Crippen LogP contribution in [0.1, 0.15) is 11.1 Å². The van der Waals surface area contributed by atoms with Crippen molar-refractivity contribution in [2.24, 2.45) is 0 Å². The molecule has 2 aromatic carbocycles. The second kappa shape index (κ2) is 6.42. The zero-order valence-corrected chi connectivity index (χ0v) is 14.0. The predicted octanol–water partition coefficient (Wildman–Crippen LogP) is 4.46. The Morgan fingerprint density at radius 3 is 2.22 bits per heavy atom. The van der Waals surface area contributed by atoms with Crippen LogP contribution < -0.4 is 5.69 Å². The van der Waals surface area contributed by atoms with E-state index in [1.54, 1.807) is 54.6 Å².